The minimum absolute atomic E-state index is 0.269. The van der Waals surface area contributed by atoms with Gasteiger partial charge in [-0.1, -0.05) is 42.0 Å². The predicted octanol–water partition coefficient (Wildman–Crippen LogP) is 3.39. The molecule has 0 aromatic heterocycles. The quantitative estimate of drug-likeness (QED) is 0.940. The first-order chi connectivity index (χ1) is 10.6. The highest BCUT2D eigenvalue weighted by molar-refractivity contribution is 7.89. The molecule has 0 fully saturated rings. The van der Waals surface area contributed by atoms with Crippen LogP contribution in [0.5, 0.6) is 0 Å². The Morgan fingerprint density at radius 3 is 2.59 bits per heavy atom. The fourth-order valence-electron chi connectivity index (χ4n) is 3.08. The topological polar surface area (TPSA) is 46.2 Å². The van der Waals surface area contributed by atoms with Crippen molar-refractivity contribution in [3.05, 3.63) is 65.2 Å². The molecule has 1 unspecified atom stereocenters. The van der Waals surface area contributed by atoms with Gasteiger partial charge in [-0.25, -0.2) is 13.1 Å². The van der Waals surface area contributed by atoms with Crippen molar-refractivity contribution in [2.24, 2.45) is 0 Å². The zero-order chi connectivity index (χ0) is 15.6. The summed E-state index contributed by atoms with van der Waals surface area (Å²) in [5, 5.41) is 0. The molecule has 1 aliphatic carbocycles. The summed E-state index contributed by atoms with van der Waals surface area (Å²) in [5.41, 5.74) is 3.70. The Bertz CT molecular complexity index is 751. The Balaban J connectivity index is 1.74. The lowest BCUT2D eigenvalue weighted by Gasteiger charge is -2.25. The number of hydrogen-bond donors (Lipinski definition) is 1. The van der Waals surface area contributed by atoms with Crippen LogP contribution in [0.1, 0.15) is 35.4 Å². The Hall–Kier alpha value is -1.65. The third-order valence-corrected chi connectivity index (χ3v) is 5.78. The summed E-state index contributed by atoms with van der Waals surface area (Å²) in [7, 11) is -3.43. The number of aryl methyl sites for hydroxylation is 2. The fourth-order valence-corrected chi connectivity index (χ4v) is 4.16. The van der Waals surface area contributed by atoms with E-state index in [0.29, 0.717) is 11.4 Å². The summed E-state index contributed by atoms with van der Waals surface area (Å²) in [6, 6.07) is 15.3. The predicted molar refractivity (Wildman–Crippen MR) is 88.5 cm³/mol. The lowest BCUT2D eigenvalue weighted by Crippen LogP contribution is -2.30. The average Bonchev–Trinajstić information content (AvgIpc) is 2.53. The molecule has 1 aliphatic rings. The van der Waals surface area contributed by atoms with E-state index in [0.717, 1.165) is 24.8 Å². The van der Waals surface area contributed by atoms with Gasteiger partial charge in [0, 0.05) is 6.54 Å². The summed E-state index contributed by atoms with van der Waals surface area (Å²) >= 11 is 0. The molecule has 4 heteroatoms. The van der Waals surface area contributed by atoms with Gasteiger partial charge in [0.15, 0.2) is 0 Å². The first-order valence-electron chi connectivity index (χ1n) is 7.70. The van der Waals surface area contributed by atoms with Gasteiger partial charge in [0.25, 0.3) is 0 Å². The van der Waals surface area contributed by atoms with Gasteiger partial charge in [0.1, 0.15) is 0 Å². The third-order valence-electron chi connectivity index (χ3n) is 4.34. The van der Waals surface area contributed by atoms with E-state index >= 15 is 0 Å². The van der Waals surface area contributed by atoms with Crippen LogP contribution in [0.25, 0.3) is 0 Å². The van der Waals surface area contributed by atoms with Gasteiger partial charge < -0.3 is 0 Å². The van der Waals surface area contributed by atoms with E-state index in [1.54, 1.807) is 12.1 Å². The van der Waals surface area contributed by atoms with Gasteiger partial charge in [0.05, 0.1) is 4.90 Å². The van der Waals surface area contributed by atoms with E-state index in [1.165, 1.54) is 11.1 Å². The average molecular weight is 315 g/mol. The first kappa shape index (κ1) is 15.3. The highest BCUT2D eigenvalue weighted by atomic mass is 32.2. The van der Waals surface area contributed by atoms with Gasteiger partial charge in [0.2, 0.25) is 10.0 Å². The first-order valence-corrected chi connectivity index (χ1v) is 9.19. The highest BCUT2D eigenvalue weighted by Gasteiger charge is 2.22. The summed E-state index contributed by atoms with van der Waals surface area (Å²) in [4.78, 5) is 0.335. The number of hydrogen-bond acceptors (Lipinski definition) is 2. The summed E-state index contributed by atoms with van der Waals surface area (Å²) in [6.45, 7) is 2.41. The molecular formula is C18H21NO2S. The third kappa shape index (κ3) is 3.23. The SMILES string of the molecule is Cc1ccc(S(=O)(=O)NCC2CCCc3ccccc32)cc1. The largest absolute Gasteiger partial charge is 0.240 e. The molecule has 1 atom stereocenters. The van der Waals surface area contributed by atoms with Gasteiger partial charge in [-0.05, 0) is 55.4 Å². The van der Waals surface area contributed by atoms with Crippen molar-refractivity contribution in [2.75, 3.05) is 6.54 Å². The molecule has 22 heavy (non-hydrogen) atoms. The fraction of sp³-hybridized carbons (Fsp3) is 0.333. The molecule has 116 valence electrons. The molecule has 0 aliphatic heterocycles. The second-order valence-electron chi connectivity index (χ2n) is 5.95. The van der Waals surface area contributed by atoms with Gasteiger partial charge in [-0.2, -0.15) is 0 Å². The summed E-state index contributed by atoms with van der Waals surface area (Å²) in [5.74, 6) is 0.269. The van der Waals surface area contributed by atoms with E-state index in [2.05, 4.69) is 22.9 Å². The zero-order valence-electron chi connectivity index (χ0n) is 12.7. The summed E-state index contributed by atoms with van der Waals surface area (Å²) < 4.78 is 27.6. The lowest BCUT2D eigenvalue weighted by atomic mass is 9.83. The van der Waals surface area contributed by atoms with E-state index in [-0.39, 0.29) is 5.92 Å². The van der Waals surface area contributed by atoms with Crippen LogP contribution in [0.4, 0.5) is 0 Å². The Morgan fingerprint density at radius 2 is 1.82 bits per heavy atom. The van der Waals surface area contributed by atoms with E-state index < -0.39 is 10.0 Å². The Morgan fingerprint density at radius 1 is 1.09 bits per heavy atom. The summed E-state index contributed by atoms with van der Waals surface area (Å²) in [6.07, 6.45) is 3.25. The lowest BCUT2D eigenvalue weighted by molar-refractivity contribution is 0.529. The van der Waals surface area contributed by atoms with E-state index in [4.69, 9.17) is 0 Å². The maximum Gasteiger partial charge on any atom is 0.240 e. The second kappa shape index (κ2) is 6.23. The van der Waals surface area contributed by atoms with Crippen LogP contribution >= 0.6 is 0 Å². The van der Waals surface area contributed by atoms with Crippen LogP contribution in [-0.2, 0) is 16.4 Å². The van der Waals surface area contributed by atoms with Gasteiger partial charge in [-0.3, -0.25) is 0 Å². The maximum atomic E-state index is 12.4. The molecule has 0 radical (unpaired) electrons. The molecule has 0 spiro atoms. The van der Waals surface area contributed by atoms with Gasteiger partial charge in [-0.15, -0.1) is 0 Å². The second-order valence-corrected chi connectivity index (χ2v) is 7.72. The zero-order valence-corrected chi connectivity index (χ0v) is 13.6. The van der Waals surface area contributed by atoms with Gasteiger partial charge >= 0.3 is 0 Å². The normalized spacial score (nSPS) is 18.0. The van der Waals surface area contributed by atoms with Crippen LogP contribution < -0.4 is 4.72 Å². The molecule has 2 aromatic rings. The number of rotatable bonds is 4. The van der Waals surface area contributed by atoms with Crippen molar-refractivity contribution in [2.45, 2.75) is 37.0 Å². The van der Waals surface area contributed by atoms with Crippen LogP contribution in [0.3, 0.4) is 0 Å². The minimum atomic E-state index is -3.43. The molecule has 0 saturated carbocycles. The smallest absolute Gasteiger partial charge is 0.211 e. The van der Waals surface area contributed by atoms with Crippen molar-refractivity contribution < 1.29 is 8.42 Å². The van der Waals surface area contributed by atoms with Crippen LogP contribution in [0.2, 0.25) is 0 Å². The molecule has 0 saturated heterocycles. The molecule has 3 nitrogen and oxygen atoms in total. The molecule has 0 bridgehead atoms. The van der Waals surface area contributed by atoms with E-state index in [1.807, 2.05) is 25.1 Å². The Kier molecular flexibility index (Phi) is 4.32. The molecule has 0 heterocycles. The van der Waals surface area contributed by atoms with Crippen LogP contribution in [0, 0.1) is 6.92 Å². The van der Waals surface area contributed by atoms with E-state index in [9.17, 15) is 8.42 Å². The maximum absolute atomic E-state index is 12.4. The Labute approximate surface area is 132 Å². The molecule has 2 aromatic carbocycles. The number of fused-ring (bicyclic) bond motifs is 1. The van der Waals surface area contributed by atoms with Crippen molar-refractivity contribution >= 4 is 10.0 Å². The minimum Gasteiger partial charge on any atom is -0.211 e. The molecule has 0 amide bonds. The monoisotopic (exact) mass is 315 g/mol. The van der Waals surface area contributed by atoms with Crippen LogP contribution in [0.15, 0.2) is 53.4 Å². The molecule has 3 rings (SSSR count). The number of benzene rings is 2. The number of nitrogens with one attached hydrogen (secondary N) is 1. The highest BCUT2D eigenvalue weighted by Crippen LogP contribution is 2.31. The van der Waals surface area contributed by atoms with Crippen molar-refractivity contribution in [3.63, 3.8) is 0 Å². The standard InChI is InChI=1S/C18H21NO2S/c1-14-9-11-17(12-10-14)22(20,21)19-13-16-7-4-6-15-5-2-3-8-18(15)16/h2-3,5,8-12,16,19H,4,6-7,13H2,1H3. The van der Waals surface area contributed by atoms with Crippen molar-refractivity contribution in [1.29, 1.82) is 0 Å². The van der Waals surface area contributed by atoms with Crippen LogP contribution in [-0.4, -0.2) is 15.0 Å². The van der Waals surface area contributed by atoms with Crippen molar-refractivity contribution in [3.8, 4) is 0 Å². The molecule has 1 N–H and O–H groups in total. The number of sulfonamides is 1. The molecular weight excluding hydrogens is 294 g/mol. The van der Waals surface area contributed by atoms with Crippen molar-refractivity contribution in [1.82, 2.24) is 4.72 Å².